The summed E-state index contributed by atoms with van der Waals surface area (Å²) in [7, 11) is 1.67. The number of rotatable bonds is 5. The number of anilines is 1. The second-order valence-corrected chi connectivity index (χ2v) is 9.97. The lowest BCUT2D eigenvalue weighted by atomic mass is 9.81. The third-order valence-corrected chi connectivity index (χ3v) is 7.88. The highest BCUT2D eigenvalue weighted by Crippen LogP contribution is 2.54. The fraction of sp³-hybridized carbons (Fsp3) is 0.308. The zero-order valence-corrected chi connectivity index (χ0v) is 20.6. The van der Waals surface area contributed by atoms with Crippen LogP contribution in [0, 0.1) is 0 Å². The molecule has 1 saturated carbocycles. The van der Waals surface area contributed by atoms with Gasteiger partial charge in [-0.25, -0.2) is 9.78 Å². The molecule has 2 heterocycles. The molecule has 2 unspecified atom stereocenters. The lowest BCUT2D eigenvalue weighted by Gasteiger charge is -2.26. The molecule has 0 radical (unpaired) electrons. The van der Waals surface area contributed by atoms with Gasteiger partial charge in [-0.3, -0.25) is 0 Å². The van der Waals surface area contributed by atoms with E-state index in [4.69, 9.17) is 26.1 Å². The van der Waals surface area contributed by atoms with Gasteiger partial charge < -0.3 is 14.4 Å². The molecular formula is C26H24BrClN2O3. The van der Waals surface area contributed by atoms with Gasteiger partial charge in [0.2, 0.25) is 0 Å². The van der Waals surface area contributed by atoms with Crippen LogP contribution in [0.25, 0.3) is 0 Å². The number of fused-ring (bicyclic) bond motifs is 2. The summed E-state index contributed by atoms with van der Waals surface area (Å²) < 4.78 is 12.0. The van der Waals surface area contributed by atoms with Crippen LogP contribution < -0.4 is 9.64 Å². The molecule has 2 aliphatic rings. The molecule has 2 atom stereocenters. The van der Waals surface area contributed by atoms with Crippen molar-refractivity contribution >= 4 is 39.3 Å². The van der Waals surface area contributed by atoms with E-state index in [1.54, 1.807) is 25.4 Å². The molecule has 1 fully saturated rings. The van der Waals surface area contributed by atoms with Crippen LogP contribution in [0.2, 0.25) is 5.02 Å². The molecule has 7 heteroatoms. The quantitative estimate of drug-likeness (QED) is 0.371. The highest BCUT2D eigenvalue weighted by molar-refractivity contribution is 9.10. The number of benzene rings is 2. The van der Waals surface area contributed by atoms with E-state index in [9.17, 15) is 4.79 Å². The molecule has 170 valence electrons. The maximum atomic E-state index is 12.6. The maximum absolute atomic E-state index is 12.6. The number of nitrogens with zero attached hydrogens (tertiary/aromatic N) is 2. The van der Waals surface area contributed by atoms with Gasteiger partial charge in [0, 0.05) is 30.3 Å². The molecule has 33 heavy (non-hydrogen) atoms. The van der Waals surface area contributed by atoms with Gasteiger partial charge in [0.25, 0.3) is 0 Å². The van der Waals surface area contributed by atoms with Gasteiger partial charge in [0.1, 0.15) is 17.7 Å². The highest BCUT2D eigenvalue weighted by Gasteiger charge is 2.51. The summed E-state index contributed by atoms with van der Waals surface area (Å²) in [5.74, 6) is 1.47. The average Bonchev–Trinajstić information content (AvgIpc) is 3.37. The molecule has 1 spiro atoms. The predicted molar refractivity (Wildman–Crippen MR) is 132 cm³/mol. The highest BCUT2D eigenvalue weighted by atomic mass is 79.9. The van der Waals surface area contributed by atoms with Crippen molar-refractivity contribution in [1.82, 2.24) is 4.98 Å². The van der Waals surface area contributed by atoms with Crippen LogP contribution in [-0.4, -0.2) is 30.7 Å². The largest absolute Gasteiger partial charge is 0.497 e. The Labute approximate surface area is 206 Å². The number of methoxy groups -OCH3 is 1. The molecule has 5 nitrogen and oxygen atoms in total. The summed E-state index contributed by atoms with van der Waals surface area (Å²) >= 11 is 10.4. The van der Waals surface area contributed by atoms with Crippen LogP contribution in [0.4, 0.5) is 5.82 Å². The molecular weight excluding hydrogens is 504 g/mol. The van der Waals surface area contributed by atoms with Gasteiger partial charge in [-0.2, -0.15) is 0 Å². The number of hydrogen-bond acceptors (Lipinski definition) is 5. The van der Waals surface area contributed by atoms with Gasteiger partial charge in [0.05, 0.1) is 22.2 Å². The fourth-order valence-electron chi connectivity index (χ4n) is 5.11. The van der Waals surface area contributed by atoms with E-state index in [1.807, 2.05) is 30.3 Å². The number of esters is 1. The Morgan fingerprint density at radius 2 is 1.97 bits per heavy atom. The van der Waals surface area contributed by atoms with E-state index in [0.717, 1.165) is 54.0 Å². The Morgan fingerprint density at radius 3 is 2.70 bits per heavy atom. The topological polar surface area (TPSA) is 51.7 Å². The molecule has 0 amide bonds. The molecule has 1 aliphatic heterocycles. The number of carbonyl (C=O) groups is 1. The first-order chi connectivity index (χ1) is 16.0. The Balaban J connectivity index is 1.40. The fourth-order valence-corrected chi connectivity index (χ4v) is 5.74. The summed E-state index contributed by atoms with van der Waals surface area (Å²) in [5.41, 5.74) is 2.61. The van der Waals surface area contributed by atoms with Crippen LogP contribution in [0.3, 0.4) is 0 Å². The first-order valence-electron chi connectivity index (χ1n) is 11.0. The molecule has 0 saturated heterocycles. The number of ether oxygens (including phenoxy) is 2. The van der Waals surface area contributed by atoms with Crippen LogP contribution in [0.5, 0.6) is 5.75 Å². The van der Waals surface area contributed by atoms with E-state index in [-0.39, 0.29) is 17.5 Å². The Kier molecular flexibility index (Phi) is 6.06. The van der Waals surface area contributed by atoms with Crippen LogP contribution in [0.1, 0.15) is 40.7 Å². The molecule has 5 rings (SSSR count). The van der Waals surface area contributed by atoms with Crippen molar-refractivity contribution in [2.45, 2.75) is 37.3 Å². The van der Waals surface area contributed by atoms with Crippen molar-refractivity contribution in [3.05, 3.63) is 87.0 Å². The average molecular weight is 528 g/mol. The minimum absolute atomic E-state index is 0.151. The summed E-state index contributed by atoms with van der Waals surface area (Å²) in [6, 6.07) is 17.2. The molecule has 0 bridgehead atoms. The lowest BCUT2D eigenvalue weighted by molar-refractivity contribution is 0.0306. The van der Waals surface area contributed by atoms with Crippen LogP contribution in [-0.2, 0) is 16.7 Å². The lowest BCUT2D eigenvalue weighted by Crippen LogP contribution is -2.32. The first-order valence-corrected chi connectivity index (χ1v) is 12.1. The van der Waals surface area contributed by atoms with Crippen molar-refractivity contribution in [2.75, 3.05) is 18.6 Å². The number of pyridine rings is 1. The summed E-state index contributed by atoms with van der Waals surface area (Å²) in [4.78, 5) is 19.7. The monoisotopic (exact) mass is 526 g/mol. The zero-order chi connectivity index (χ0) is 23.0. The summed E-state index contributed by atoms with van der Waals surface area (Å²) in [6.45, 7) is 1.51. The van der Waals surface area contributed by atoms with Crippen molar-refractivity contribution in [2.24, 2.45) is 0 Å². The molecule has 3 aromatic rings. The van der Waals surface area contributed by atoms with Gasteiger partial charge in [0.15, 0.2) is 0 Å². The van der Waals surface area contributed by atoms with E-state index in [0.29, 0.717) is 10.6 Å². The number of carbonyl (C=O) groups excluding carboxylic acids is 1. The van der Waals surface area contributed by atoms with Crippen molar-refractivity contribution < 1.29 is 14.3 Å². The second-order valence-electron chi connectivity index (χ2n) is 8.74. The minimum Gasteiger partial charge on any atom is -0.497 e. The Hall–Kier alpha value is -2.57. The molecule has 1 aromatic heterocycles. The third-order valence-electron chi connectivity index (χ3n) is 6.66. The smallest absolute Gasteiger partial charge is 0.338 e. The Bertz CT molecular complexity index is 1170. The van der Waals surface area contributed by atoms with E-state index in [2.05, 4.69) is 33.0 Å². The van der Waals surface area contributed by atoms with Crippen LogP contribution >= 0.6 is 27.5 Å². The summed E-state index contributed by atoms with van der Waals surface area (Å²) in [5, 5.41) is 0.701. The Morgan fingerprint density at radius 1 is 1.21 bits per heavy atom. The van der Waals surface area contributed by atoms with E-state index < -0.39 is 0 Å². The predicted octanol–water partition coefficient (Wildman–Crippen LogP) is 6.17. The SMILES string of the molecule is COc1ccc(CN2CC3(CCC(OC(=O)c4ccccc4)C3)c3c2ncc(Br)c3Cl)cc1. The van der Waals surface area contributed by atoms with Crippen LogP contribution in [0.15, 0.2) is 65.3 Å². The normalized spacial score (nSPS) is 21.3. The molecule has 0 N–H and O–H groups in total. The van der Waals surface area contributed by atoms with Gasteiger partial charge in [-0.1, -0.05) is 41.9 Å². The maximum Gasteiger partial charge on any atom is 0.338 e. The minimum atomic E-state index is -0.274. The van der Waals surface area contributed by atoms with E-state index in [1.165, 1.54) is 5.56 Å². The van der Waals surface area contributed by atoms with Gasteiger partial charge >= 0.3 is 5.97 Å². The number of aromatic nitrogens is 1. The van der Waals surface area contributed by atoms with Crippen molar-refractivity contribution in [1.29, 1.82) is 0 Å². The molecule has 2 aromatic carbocycles. The standard InChI is InChI=1S/C26H24BrClN2O3/c1-32-19-9-7-17(8-10-19)15-30-16-26(22-23(28)21(27)14-29-24(22)30)12-11-20(13-26)33-25(31)18-5-3-2-4-6-18/h2-10,14,20H,11-13,15-16H2,1H3. The van der Waals surface area contributed by atoms with Gasteiger partial charge in [-0.15, -0.1) is 0 Å². The number of hydrogen-bond donors (Lipinski definition) is 0. The van der Waals surface area contributed by atoms with Crippen molar-refractivity contribution in [3.8, 4) is 5.75 Å². The molecule has 1 aliphatic carbocycles. The number of halogens is 2. The first kappa shape index (κ1) is 22.2. The van der Waals surface area contributed by atoms with Gasteiger partial charge in [-0.05, 0) is 65.0 Å². The summed E-state index contributed by atoms with van der Waals surface area (Å²) in [6.07, 6.45) is 4.04. The zero-order valence-electron chi connectivity index (χ0n) is 18.3. The van der Waals surface area contributed by atoms with Crippen molar-refractivity contribution in [3.63, 3.8) is 0 Å². The third kappa shape index (κ3) is 4.22. The second kappa shape index (κ2) is 8.99. The van der Waals surface area contributed by atoms with E-state index >= 15 is 0 Å².